The quantitative estimate of drug-likeness (QED) is 0.222. The van der Waals surface area contributed by atoms with Crippen molar-refractivity contribution in [2.24, 2.45) is 17.6 Å². The third kappa shape index (κ3) is 3.87. The lowest BCUT2D eigenvalue weighted by Crippen LogP contribution is -2.68. The molecule has 7 N–H and O–H groups in total. The Morgan fingerprint density at radius 2 is 1.69 bits per heavy atom. The minimum absolute atomic E-state index is 0.212. The van der Waals surface area contributed by atoms with Crippen LogP contribution in [-0.4, -0.2) is 92.8 Å². The molecule has 0 saturated carbocycles. The number of carbonyl (C=O) groups is 4. The van der Waals surface area contributed by atoms with Gasteiger partial charge in [-0.05, 0) is 49.0 Å². The number of hydrogen-bond donors (Lipinski definition) is 6. The van der Waals surface area contributed by atoms with Crippen molar-refractivity contribution in [3.8, 4) is 5.75 Å². The number of aliphatic hydroxyl groups excluding tert-OH is 3. The minimum Gasteiger partial charge on any atom is -0.510 e. The summed E-state index contributed by atoms with van der Waals surface area (Å²) in [6.07, 6.45) is -0.231. The molecule has 5 unspecified atom stereocenters. The number of benzene rings is 2. The molecule has 0 radical (unpaired) electrons. The first-order chi connectivity index (χ1) is 19.8. The Labute approximate surface area is 239 Å². The summed E-state index contributed by atoms with van der Waals surface area (Å²) in [6.45, 7) is 0. The number of aliphatic hydroxyl groups is 4. The zero-order chi connectivity index (χ0) is 30.8. The van der Waals surface area contributed by atoms with Gasteiger partial charge in [-0.1, -0.05) is 30.3 Å². The van der Waals surface area contributed by atoms with Gasteiger partial charge in [-0.3, -0.25) is 19.3 Å². The third-order valence-electron chi connectivity index (χ3n) is 8.19. The van der Waals surface area contributed by atoms with Gasteiger partial charge >= 0.3 is 5.97 Å². The van der Waals surface area contributed by atoms with E-state index < -0.39 is 81.4 Å². The molecule has 0 bridgehead atoms. The number of amides is 1. The van der Waals surface area contributed by atoms with Crippen LogP contribution in [0, 0.1) is 11.8 Å². The number of ketones is 2. The molecular formula is C30H28N2O10. The highest BCUT2D eigenvalue weighted by atomic mass is 16.5. The fourth-order valence-corrected chi connectivity index (χ4v) is 6.33. The van der Waals surface area contributed by atoms with E-state index in [4.69, 9.17) is 10.5 Å². The Kier molecular flexibility index (Phi) is 6.80. The monoisotopic (exact) mass is 576 g/mol. The first-order valence-electron chi connectivity index (χ1n) is 12.8. The number of fused-ring (bicyclic) bond motifs is 3. The van der Waals surface area contributed by atoms with E-state index >= 15 is 0 Å². The number of nitrogens with two attached hydrogens (primary N) is 1. The Morgan fingerprint density at radius 1 is 1.05 bits per heavy atom. The molecule has 12 nitrogen and oxygen atoms in total. The number of phenols is 1. The van der Waals surface area contributed by atoms with Gasteiger partial charge in [0.05, 0.1) is 41.9 Å². The Balaban J connectivity index is 1.82. The number of likely N-dealkylation sites (N-methyl/N-ethyl adjacent to an activating group) is 1. The molecule has 1 amide bonds. The van der Waals surface area contributed by atoms with E-state index in [2.05, 4.69) is 0 Å². The van der Waals surface area contributed by atoms with Crippen LogP contribution in [0.5, 0.6) is 5.75 Å². The summed E-state index contributed by atoms with van der Waals surface area (Å²) in [5.74, 6) is -9.79. The van der Waals surface area contributed by atoms with Crippen molar-refractivity contribution in [2.45, 2.75) is 17.7 Å². The van der Waals surface area contributed by atoms with Crippen LogP contribution >= 0.6 is 0 Å². The van der Waals surface area contributed by atoms with E-state index in [-0.39, 0.29) is 22.3 Å². The number of carbonyl (C=O) groups excluding carboxylic acids is 4. The van der Waals surface area contributed by atoms with Crippen LogP contribution in [0.4, 0.5) is 0 Å². The smallest absolute Gasteiger partial charge is 0.337 e. The molecular weight excluding hydrogens is 548 g/mol. The predicted molar refractivity (Wildman–Crippen MR) is 147 cm³/mol. The summed E-state index contributed by atoms with van der Waals surface area (Å²) in [5.41, 5.74) is 1.75. The zero-order valence-electron chi connectivity index (χ0n) is 22.7. The lowest BCUT2D eigenvalue weighted by molar-refractivity contribution is -0.159. The van der Waals surface area contributed by atoms with E-state index in [1.165, 1.54) is 56.4 Å². The average Bonchev–Trinajstić information content (AvgIpc) is 2.94. The molecule has 3 aliphatic rings. The second-order valence-electron chi connectivity index (χ2n) is 10.6. The molecule has 5 atom stereocenters. The number of hydrogen-bond acceptors (Lipinski definition) is 11. The van der Waals surface area contributed by atoms with E-state index in [0.717, 1.165) is 0 Å². The van der Waals surface area contributed by atoms with Crippen LogP contribution in [0.1, 0.15) is 31.8 Å². The van der Waals surface area contributed by atoms with Crippen LogP contribution in [-0.2, 0) is 14.3 Å². The number of esters is 1. The first kappa shape index (κ1) is 28.7. The van der Waals surface area contributed by atoms with Gasteiger partial charge in [-0.15, -0.1) is 0 Å². The second kappa shape index (κ2) is 9.94. The number of primary amides is 1. The van der Waals surface area contributed by atoms with Gasteiger partial charge in [-0.25, -0.2) is 4.79 Å². The van der Waals surface area contributed by atoms with Gasteiger partial charge in [0, 0.05) is 5.92 Å². The van der Waals surface area contributed by atoms with Crippen molar-refractivity contribution in [3.63, 3.8) is 0 Å². The summed E-state index contributed by atoms with van der Waals surface area (Å²) in [4.78, 5) is 52.8. The van der Waals surface area contributed by atoms with E-state index in [9.17, 15) is 44.7 Å². The highest BCUT2D eigenvalue weighted by Gasteiger charge is 2.67. The van der Waals surface area contributed by atoms with Crippen molar-refractivity contribution in [1.82, 2.24) is 4.90 Å². The lowest BCUT2D eigenvalue weighted by Gasteiger charge is -2.52. The maximum Gasteiger partial charge on any atom is 0.337 e. The second-order valence-corrected chi connectivity index (χ2v) is 10.6. The first-order valence-corrected chi connectivity index (χ1v) is 12.8. The van der Waals surface area contributed by atoms with E-state index in [1.807, 2.05) is 0 Å². The van der Waals surface area contributed by atoms with Crippen molar-refractivity contribution in [3.05, 3.63) is 87.4 Å². The molecule has 2 aromatic rings. The maximum absolute atomic E-state index is 13.8. The molecule has 0 spiro atoms. The molecule has 0 heterocycles. The van der Waals surface area contributed by atoms with Crippen molar-refractivity contribution in [1.29, 1.82) is 0 Å². The molecule has 12 heteroatoms. The third-order valence-corrected chi connectivity index (χ3v) is 8.19. The highest BCUT2D eigenvalue weighted by Crippen LogP contribution is 2.55. The van der Waals surface area contributed by atoms with Crippen LogP contribution in [0.15, 0.2) is 65.1 Å². The van der Waals surface area contributed by atoms with Crippen molar-refractivity contribution >= 4 is 35.1 Å². The molecule has 2 aromatic carbocycles. The normalized spacial score (nSPS) is 28.0. The van der Waals surface area contributed by atoms with E-state index in [0.29, 0.717) is 5.56 Å². The van der Waals surface area contributed by atoms with Crippen LogP contribution in [0.2, 0.25) is 0 Å². The summed E-state index contributed by atoms with van der Waals surface area (Å²) in [7, 11) is 4.15. The number of ether oxygens (including phenoxy) is 1. The predicted octanol–water partition coefficient (Wildman–Crippen LogP) is 0.876. The lowest BCUT2D eigenvalue weighted by atomic mass is 9.56. The number of phenolic OH excluding ortho intramolecular Hbond substituents is 1. The van der Waals surface area contributed by atoms with E-state index in [1.54, 1.807) is 18.2 Å². The Hall–Kier alpha value is -4.78. The molecule has 0 fully saturated rings. The molecule has 5 rings (SSSR count). The largest absolute Gasteiger partial charge is 0.510 e. The number of methoxy groups -OCH3 is 1. The van der Waals surface area contributed by atoms with Crippen molar-refractivity contribution in [2.75, 3.05) is 21.2 Å². The van der Waals surface area contributed by atoms with Gasteiger partial charge in [-0.2, -0.15) is 0 Å². The van der Waals surface area contributed by atoms with Gasteiger partial charge in [0.15, 0.2) is 11.4 Å². The number of rotatable bonds is 4. The highest BCUT2D eigenvalue weighted by molar-refractivity contribution is 6.25. The molecule has 42 heavy (non-hydrogen) atoms. The molecule has 0 aliphatic heterocycles. The maximum atomic E-state index is 13.8. The van der Waals surface area contributed by atoms with Gasteiger partial charge in [0.2, 0.25) is 5.78 Å². The summed E-state index contributed by atoms with van der Waals surface area (Å²) in [6, 6.07) is 9.01. The Bertz CT molecular complexity index is 1650. The van der Waals surface area contributed by atoms with Crippen LogP contribution in [0.25, 0.3) is 11.6 Å². The molecule has 0 aromatic heterocycles. The minimum atomic E-state index is -3.03. The molecule has 218 valence electrons. The van der Waals surface area contributed by atoms with Crippen molar-refractivity contribution < 1.29 is 49.4 Å². The summed E-state index contributed by atoms with van der Waals surface area (Å²) < 4.78 is 4.73. The standard InChI is InChI=1S/C30H28N2O10/c1-32(2)22-21-24(35)18-15(11-12-7-9-13(10-8-12)29(40)42-3)14-5-4-6-16(33)17(14)23(34)19(18)26(37)30(21,41)27(38)20(25(22)36)28(31)39/h4-11,18,21-22,24,33,35-37,41H,1-3H3,(H2,31,39)/b15-11+. The number of Topliss-reactive ketones (excluding diaryl/α,β-unsaturated/α-hetero) is 2. The van der Waals surface area contributed by atoms with Gasteiger partial charge in [0.1, 0.15) is 22.8 Å². The molecule has 3 aliphatic carbocycles. The van der Waals surface area contributed by atoms with Crippen LogP contribution in [0.3, 0.4) is 0 Å². The van der Waals surface area contributed by atoms with Crippen LogP contribution < -0.4 is 5.73 Å². The number of aromatic hydroxyl groups is 1. The number of nitrogens with zero attached hydrogens (tertiary/aromatic N) is 1. The fourth-order valence-electron chi connectivity index (χ4n) is 6.33. The SMILES string of the molecule is COC(=O)c1ccc(/C=C2\c3cccc(O)c3C(=O)C3=C(O)C4(O)C(=O)C(C(N)=O)=C(O)C(N(C)C)C4C(O)C32)cc1. The Morgan fingerprint density at radius 3 is 2.26 bits per heavy atom. The topological polar surface area (TPSA) is 208 Å². The molecule has 0 saturated heterocycles. The van der Waals surface area contributed by atoms with Gasteiger partial charge < -0.3 is 36.0 Å². The fraction of sp³-hybridized carbons (Fsp3) is 0.267. The summed E-state index contributed by atoms with van der Waals surface area (Å²) >= 11 is 0. The van der Waals surface area contributed by atoms with Gasteiger partial charge in [0.25, 0.3) is 5.91 Å². The zero-order valence-corrected chi connectivity index (χ0v) is 22.7. The summed E-state index contributed by atoms with van der Waals surface area (Å²) in [5, 5.41) is 57.0. The average molecular weight is 577 g/mol.